The summed E-state index contributed by atoms with van der Waals surface area (Å²) in [5, 5.41) is 17.2. The molecule has 2 N–H and O–H groups in total. The van der Waals surface area contributed by atoms with Crippen LogP contribution in [0.3, 0.4) is 0 Å². The highest BCUT2D eigenvalue weighted by Crippen LogP contribution is 2.11. The van der Waals surface area contributed by atoms with Crippen molar-refractivity contribution in [1.82, 2.24) is 14.6 Å². The van der Waals surface area contributed by atoms with Crippen LogP contribution >= 0.6 is 0 Å². The summed E-state index contributed by atoms with van der Waals surface area (Å²) in [4.78, 5) is 4.43. The third kappa shape index (κ3) is 3.03. The second kappa shape index (κ2) is 5.93. The molecule has 2 aromatic heterocycles. The fraction of sp³-hybridized carbons (Fsp3) is 0.250. The highest BCUT2D eigenvalue weighted by molar-refractivity contribution is 5.44. The van der Waals surface area contributed by atoms with Crippen LogP contribution in [0.2, 0.25) is 0 Å². The molecule has 1 unspecified atom stereocenters. The van der Waals surface area contributed by atoms with Crippen molar-refractivity contribution in [3.63, 3.8) is 0 Å². The lowest BCUT2D eigenvalue weighted by molar-refractivity contribution is 0.273. The SMILES string of the molecule is Cc1cccc2nc(NC(CO)Cc3ccccc3)nn12. The Bertz CT molecular complexity index is 723. The second-order valence-electron chi connectivity index (χ2n) is 5.09. The number of benzene rings is 1. The van der Waals surface area contributed by atoms with Gasteiger partial charge >= 0.3 is 0 Å². The molecule has 2 heterocycles. The largest absolute Gasteiger partial charge is 0.394 e. The molecule has 0 radical (unpaired) electrons. The third-order valence-electron chi connectivity index (χ3n) is 3.43. The van der Waals surface area contributed by atoms with Gasteiger partial charge in [0.2, 0.25) is 5.95 Å². The predicted molar refractivity (Wildman–Crippen MR) is 82.4 cm³/mol. The summed E-state index contributed by atoms with van der Waals surface area (Å²) >= 11 is 0. The van der Waals surface area contributed by atoms with Crippen LogP contribution in [0.25, 0.3) is 5.65 Å². The summed E-state index contributed by atoms with van der Waals surface area (Å²) in [5.74, 6) is 0.541. The number of hydrogen-bond donors (Lipinski definition) is 2. The van der Waals surface area contributed by atoms with Gasteiger partial charge in [0.1, 0.15) is 0 Å². The summed E-state index contributed by atoms with van der Waals surface area (Å²) in [6, 6.07) is 15.8. The van der Waals surface area contributed by atoms with Crippen LogP contribution in [0.1, 0.15) is 11.3 Å². The van der Waals surface area contributed by atoms with Crippen LogP contribution in [0.15, 0.2) is 48.5 Å². The Labute approximate surface area is 123 Å². The summed E-state index contributed by atoms with van der Waals surface area (Å²) in [6.07, 6.45) is 0.728. The van der Waals surface area contributed by atoms with E-state index in [1.54, 1.807) is 4.52 Å². The van der Waals surface area contributed by atoms with E-state index in [1.807, 2.05) is 55.5 Å². The van der Waals surface area contributed by atoms with Gasteiger partial charge in [0, 0.05) is 5.69 Å². The van der Waals surface area contributed by atoms with Crippen LogP contribution < -0.4 is 5.32 Å². The molecule has 5 nitrogen and oxygen atoms in total. The van der Waals surface area contributed by atoms with E-state index >= 15 is 0 Å². The van der Waals surface area contributed by atoms with Crippen molar-refractivity contribution >= 4 is 11.6 Å². The molecule has 1 atom stereocenters. The first-order valence-electron chi connectivity index (χ1n) is 7.00. The van der Waals surface area contributed by atoms with E-state index in [4.69, 9.17) is 0 Å². The first-order valence-corrected chi connectivity index (χ1v) is 7.00. The minimum atomic E-state index is -0.106. The molecule has 0 spiro atoms. The maximum absolute atomic E-state index is 9.55. The number of aromatic nitrogens is 3. The number of nitrogens with one attached hydrogen (secondary N) is 1. The molecule has 0 fully saturated rings. The van der Waals surface area contributed by atoms with E-state index in [0.29, 0.717) is 5.95 Å². The quantitative estimate of drug-likeness (QED) is 0.752. The van der Waals surface area contributed by atoms with Gasteiger partial charge in [-0.1, -0.05) is 36.4 Å². The van der Waals surface area contributed by atoms with Gasteiger partial charge < -0.3 is 10.4 Å². The van der Waals surface area contributed by atoms with E-state index < -0.39 is 0 Å². The molecule has 0 saturated heterocycles. The minimum absolute atomic E-state index is 0.0312. The van der Waals surface area contributed by atoms with Gasteiger partial charge in [-0.05, 0) is 31.0 Å². The van der Waals surface area contributed by atoms with Crippen LogP contribution in [-0.2, 0) is 6.42 Å². The lowest BCUT2D eigenvalue weighted by Gasteiger charge is -2.14. The van der Waals surface area contributed by atoms with E-state index in [0.717, 1.165) is 17.8 Å². The molecule has 3 rings (SSSR count). The summed E-state index contributed by atoms with van der Waals surface area (Å²) < 4.78 is 1.79. The Morgan fingerprint density at radius 3 is 2.67 bits per heavy atom. The molecule has 21 heavy (non-hydrogen) atoms. The number of hydrogen-bond acceptors (Lipinski definition) is 4. The molecule has 0 aliphatic rings. The van der Waals surface area contributed by atoms with Crippen molar-refractivity contribution in [2.45, 2.75) is 19.4 Å². The maximum Gasteiger partial charge on any atom is 0.243 e. The fourth-order valence-electron chi connectivity index (χ4n) is 2.34. The van der Waals surface area contributed by atoms with Gasteiger partial charge in [0.15, 0.2) is 5.65 Å². The van der Waals surface area contributed by atoms with Crippen molar-refractivity contribution in [2.75, 3.05) is 11.9 Å². The van der Waals surface area contributed by atoms with Crippen molar-refractivity contribution in [3.05, 3.63) is 59.8 Å². The summed E-state index contributed by atoms with van der Waals surface area (Å²) in [6.45, 7) is 2.02. The Balaban J connectivity index is 1.77. The van der Waals surface area contributed by atoms with Crippen LogP contribution in [-0.4, -0.2) is 32.4 Å². The fourth-order valence-corrected chi connectivity index (χ4v) is 2.34. The van der Waals surface area contributed by atoms with E-state index in [-0.39, 0.29) is 12.6 Å². The average Bonchev–Trinajstić information content (AvgIpc) is 2.92. The molecular weight excluding hydrogens is 264 g/mol. The molecule has 0 aliphatic carbocycles. The molecule has 1 aromatic carbocycles. The number of aliphatic hydroxyl groups is 1. The lowest BCUT2D eigenvalue weighted by atomic mass is 10.1. The molecule has 0 bridgehead atoms. The summed E-state index contributed by atoms with van der Waals surface area (Å²) in [7, 11) is 0. The Kier molecular flexibility index (Phi) is 3.83. The van der Waals surface area contributed by atoms with Crippen molar-refractivity contribution < 1.29 is 5.11 Å². The Hall–Kier alpha value is -2.40. The molecule has 0 amide bonds. The van der Waals surface area contributed by atoms with Gasteiger partial charge in [0.25, 0.3) is 0 Å². The number of anilines is 1. The second-order valence-corrected chi connectivity index (χ2v) is 5.09. The maximum atomic E-state index is 9.55. The number of rotatable bonds is 5. The molecule has 3 aromatic rings. The number of nitrogens with zero attached hydrogens (tertiary/aromatic N) is 3. The average molecular weight is 282 g/mol. The Morgan fingerprint density at radius 1 is 1.14 bits per heavy atom. The number of pyridine rings is 1. The third-order valence-corrected chi connectivity index (χ3v) is 3.43. The van der Waals surface area contributed by atoms with Crippen LogP contribution in [0, 0.1) is 6.92 Å². The molecule has 0 aliphatic heterocycles. The zero-order chi connectivity index (χ0) is 14.7. The standard InChI is InChI=1S/C16H18N4O/c1-12-6-5-9-15-18-16(19-20(12)15)17-14(11-21)10-13-7-3-2-4-8-13/h2-9,14,21H,10-11H2,1H3,(H,17,19). The minimum Gasteiger partial charge on any atom is -0.394 e. The molecular formula is C16H18N4O. The Morgan fingerprint density at radius 2 is 1.95 bits per heavy atom. The highest BCUT2D eigenvalue weighted by atomic mass is 16.3. The number of aryl methyl sites for hydroxylation is 1. The van der Waals surface area contributed by atoms with E-state index in [9.17, 15) is 5.11 Å². The lowest BCUT2D eigenvalue weighted by Crippen LogP contribution is -2.27. The summed E-state index contributed by atoms with van der Waals surface area (Å²) in [5.41, 5.74) is 2.99. The highest BCUT2D eigenvalue weighted by Gasteiger charge is 2.12. The van der Waals surface area contributed by atoms with Crippen molar-refractivity contribution in [3.8, 4) is 0 Å². The van der Waals surface area contributed by atoms with Gasteiger partial charge in [-0.3, -0.25) is 0 Å². The van der Waals surface area contributed by atoms with Gasteiger partial charge in [0.05, 0.1) is 12.6 Å². The van der Waals surface area contributed by atoms with E-state index in [1.165, 1.54) is 5.56 Å². The zero-order valence-electron chi connectivity index (χ0n) is 11.9. The van der Waals surface area contributed by atoms with E-state index in [2.05, 4.69) is 15.4 Å². The number of aliphatic hydroxyl groups excluding tert-OH is 1. The molecule has 0 saturated carbocycles. The predicted octanol–water partition coefficient (Wildman–Crippen LogP) is 2.05. The smallest absolute Gasteiger partial charge is 0.243 e. The first kappa shape index (κ1) is 13.6. The van der Waals surface area contributed by atoms with Crippen molar-refractivity contribution in [1.29, 1.82) is 0 Å². The zero-order valence-corrected chi connectivity index (χ0v) is 11.9. The first-order chi connectivity index (χ1) is 10.3. The van der Waals surface area contributed by atoms with Crippen LogP contribution in [0.4, 0.5) is 5.95 Å². The van der Waals surface area contributed by atoms with Gasteiger partial charge in [-0.15, -0.1) is 5.10 Å². The van der Waals surface area contributed by atoms with Crippen LogP contribution in [0.5, 0.6) is 0 Å². The number of fused-ring (bicyclic) bond motifs is 1. The van der Waals surface area contributed by atoms with Crippen molar-refractivity contribution in [2.24, 2.45) is 0 Å². The monoisotopic (exact) mass is 282 g/mol. The normalized spacial score (nSPS) is 12.5. The van der Waals surface area contributed by atoms with Gasteiger partial charge in [-0.2, -0.15) is 4.98 Å². The molecule has 5 heteroatoms. The van der Waals surface area contributed by atoms with Gasteiger partial charge in [-0.25, -0.2) is 4.52 Å². The topological polar surface area (TPSA) is 62.5 Å². The molecule has 108 valence electrons.